The molecule has 8 nitrogen and oxygen atoms in total. The van der Waals surface area contributed by atoms with Gasteiger partial charge in [-0.3, -0.25) is 9.89 Å². The highest BCUT2D eigenvalue weighted by Gasteiger charge is 2.27. The van der Waals surface area contributed by atoms with Crippen LogP contribution in [0.1, 0.15) is 31.7 Å². The molecule has 3 heterocycles. The number of halogens is 1. The Morgan fingerprint density at radius 3 is 2.40 bits per heavy atom. The molecule has 0 radical (unpaired) electrons. The van der Waals surface area contributed by atoms with Crippen molar-refractivity contribution in [2.24, 2.45) is 10.7 Å². The molecule has 2 aliphatic rings. The molecule has 1 aromatic rings. The highest BCUT2D eigenvalue weighted by atomic mass is 127. The number of rotatable bonds is 4. The Kier molecular flexibility index (Phi) is 9.64. The first-order chi connectivity index (χ1) is 13.8. The summed E-state index contributed by atoms with van der Waals surface area (Å²) in [5, 5.41) is 2.10. The van der Waals surface area contributed by atoms with E-state index in [9.17, 15) is 4.79 Å². The molecule has 1 unspecified atom stereocenters. The summed E-state index contributed by atoms with van der Waals surface area (Å²) < 4.78 is 11.0. The molecule has 0 aliphatic carbocycles. The molecule has 0 spiro atoms. The van der Waals surface area contributed by atoms with Gasteiger partial charge < -0.3 is 25.0 Å². The lowest BCUT2D eigenvalue weighted by atomic mass is 10.2. The third kappa shape index (κ3) is 7.24. The van der Waals surface area contributed by atoms with Gasteiger partial charge in [0.25, 0.3) is 0 Å². The van der Waals surface area contributed by atoms with Crippen molar-refractivity contribution in [3.05, 3.63) is 22.4 Å². The largest absolute Gasteiger partial charge is 0.444 e. The maximum atomic E-state index is 12.2. The van der Waals surface area contributed by atoms with E-state index in [1.807, 2.05) is 25.7 Å². The van der Waals surface area contributed by atoms with Crippen molar-refractivity contribution in [1.82, 2.24) is 14.7 Å². The van der Waals surface area contributed by atoms with Gasteiger partial charge in [-0.15, -0.1) is 35.3 Å². The van der Waals surface area contributed by atoms with Crippen LogP contribution in [0.15, 0.2) is 22.5 Å². The number of hydrogen-bond acceptors (Lipinski definition) is 6. The number of hydrogen-bond donors (Lipinski definition) is 1. The van der Waals surface area contributed by atoms with E-state index in [2.05, 4.69) is 22.4 Å². The summed E-state index contributed by atoms with van der Waals surface area (Å²) in [6, 6.07) is 4.47. The Bertz CT molecular complexity index is 681. The number of aliphatic imine (C=N–C) groups is 1. The Hall–Kier alpha value is -1.11. The molecule has 0 aromatic carbocycles. The normalized spacial score (nSPS) is 19.9. The first-order valence-electron chi connectivity index (χ1n) is 10.2. The van der Waals surface area contributed by atoms with E-state index in [4.69, 9.17) is 20.2 Å². The number of piperazine rings is 1. The molecule has 10 heteroatoms. The van der Waals surface area contributed by atoms with Crippen LogP contribution < -0.4 is 5.73 Å². The maximum Gasteiger partial charge on any atom is 0.410 e. The number of amides is 1. The van der Waals surface area contributed by atoms with Crippen molar-refractivity contribution in [2.75, 3.05) is 59.0 Å². The SMILES string of the molecule is CC(C)(C)OC(=O)N1CCN(C(N)=NCC(c2cccs2)N2CCOCC2)CC1.I. The van der Waals surface area contributed by atoms with E-state index in [0.29, 0.717) is 38.7 Å². The van der Waals surface area contributed by atoms with E-state index in [1.54, 1.807) is 16.2 Å². The summed E-state index contributed by atoms with van der Waals surface area (Å²) >= 11 is 1.76. The number of carbonyl (C=O) groups is 1. The zero-order valence-electron chi connectivity index (χ0n) is 18.1. The van der Waals surface area contributed by atoms with Gasteiger partial charge in [-0.1, -0.05) is 6.07 Å². The minimum absolute atomic E-state index is 0. The van der Waals surface area contributed by atoms with E-state index in [0.717, 1.165) is 26.3 Å². The van der Waals surface area contributed by atoms with Crippen LogP contribution >= 0.6 is 35.3 Å². The molecule has 1 amide bonds. The summed E-state index contributed by atoms with van der Waals surface area (Å²) in [5.74, 6) is 0.545. The zero-order chi connectivity index (χ0) is 20.9. The van der Waals surface area contributed by atoms with Crippen LogP contribution in [0.25, 0.3) is 0 Å². The van der Waals surface area contributed by atoms with Gasteiger partial charge in [0, 0.05) is 44.1 Å². The van der Waals surface area contributed by atoms with Crippen molar-refractivity contribution in [1.29, 1.82) is 0 Å². The number of nitrogens with zero attached hydrogens (tertiary/aromatic N) is 4. The van der Waals surface area contributed by atoms with Gasteiger partial charge in [0.2, 0.25) is 0 Å². The Labute approximate surface area is 200 Å². The molecule has 3 rings (SSSR count). The van der Waals surface area contributed by atoms with Crippen LogP contribution in [-0.4, -0.2) is 91.4 Å². The fourth-order valence-corrected chi connectivity index (χ4v) is 4.33. The second-order valence-corrected chi connectivity index (χ2v) is 9.31. The van der Waals surface area contributed by atoms with Crippen molar-refractivity contribution in [3.8, 4) is 0 Å². The smallest absolute Gasteiger partial charge is 0.410 e. The summed E-state index contributed by atoms with van der Waals surface area (Å²) in [6.45, 7) is 12.1. The van der Waals surface area contributed by atoms with Crippen LogP contribution in [0, 0.1) is 0 Å². The number of thiophene rings is 1. The first-order valence-corrected chi connectivity index (χ1v) is 11.1. The molecule has 170 valence electrons. The molecule has 2 aliphatic heterocycles. The summed E-state index contributed by atoms with van der Waals surface area (Å²) in [6.07, 6.45) is -0.266. The molecule has 2 N–H and O–H groups in total. The monoisotopic (exact) mass is 551 g/mol. The number of guanidine groups is 1. The van der Waals surface area contributed by atoms with Gasteiger partial charge in [0.1, 0.15) is 5.60 Å². The topological polar surface area (TPSA) is 83.6 Å². The minimum atomic E-state index is -0.481. The number of ether oxygens (including phenoxy) is 2. The van der Waals surface area contributed by atoms with E-state index < -0.39 is 5.60 Å². The lowest BCUT2D eigenvalue weighted by Gasteiger charge is -2.36. The van der Waals surface area contributed by atoms with E-state index >= 15 is 0 Å². The quantitative estimate of drug-likeness (QED) is 0.352. The lowest BCUT2D eigenvalue weighted by molar-refractivity contribution is 0.0176. The average molecular weight is 551 g/mol. The Morgan fingerprint density at radius 1 is 1.20 bits per heavy atom. The predicted octanol–water partition coefficient (Wildman–Crippen LogP) is 2.61. The number of morpholine rings is 1. The molecular weight excluding hydrogens is 517 g/mol. The van der Waals surface area contributed by atoms with Gasteiger partial charge >= 0.3 is 6.09 Å². The van der Waals surface area contributed by atoms with E-state index in [1.165, 1.54) is 4.88 Å². The molecule has 30 heavy (non-hydrogen) atoms. The third-order valence-electron chi connectivity index (χ3n) is 5.04. The molecule has 2 fully saturated rings. The van der Waals surface area contributed by atoms with E-state index in [-0.39, 0.29) is 36.1 Å². The van der Waals surface area contributed by atoms with Crippen LogP contribution in [0.3, 0.4) is 0 Å². The highest BCUT2D eigenvalue weighted by Crippen LogP contribution is 2.26. The molecule has 0 bridgehead atoms. The predicted molar refractivity (Wildman–Crippen MR) is 131 cm³/mol. The van der Waals surface area contributed by atoms with Crippen LogP contribution in [0.5, 0.6) is 0 Å². The molecule has 2 saturated heterocycles. The van der Waals surface area contributed by atoms with Crippen molar-refractivity contribution < 1.29 is 14.3 Å². The van der Waals surface area contributed by atoms with Gasteiger partial charge in [-0.05, 0) is 32.2 Å². The lowest BCUT2D eigenvalue weighted by Crippen LogP contribution is -2.53. The van der Waals surface area contributed by atoms with Crippen molar-refractivity contribution in [3.63, 3.8) is 0 Å². The van der Waals surface area contributed by atoms with Crippen LogP contribution in [-0.2, 0) is 9.47 Å². The Morgan fingerprint density at radius 2 is 1.83 bits per heavy atom. The summed E-state index contributed by atoms with van der Waals surface area (Å²) in [5.41, 5.74) is 5.82. The van der Waals surface area contributed by atoms with Crippen LogP contribution in [0.2, 0.25) is 0 Å². The fourth-order valence-electron chi connectivity index (χ4n) is 3.48. The van der Waals surface area contributed by atoms with Crippen molar-refractivity contribution >= 4 is 47.4 Å². The molecule has 1 atom stereocenters. The molecular formula is C20H34IN5O3S. The molecule has 0 saturated carbocycles. The first kappa shape index (κ1) is 25.2. The summed E-state index contributed by atoms with van der Waals surface area (Å²) in [4.78, 5) is 24.4. The minimum Gasteiger partial charge on any atom is -0.444 e. The van der Waals surface area contributed by atoms with Gasteiger partial charge in [-0.2, -0.15) is 0 Å². The highest BCUT2D eigenvalue weighted by molar-refractivity contribution is 14.0. The average Bonchev–Trinajstić information content (AvgIpc) is 3.22. The van der Waals surface area contributed by atoms with Crippen LogP contribution in [0.4, 0.5) is 4.79 Å². The maximum absolute atomic E-state index is 12.2. The fraction of sp³-hybridized carbons (Fsp3) is 0.700. The second-order valence-electron chi connectivity index (χ2n) is 8.33. The van der Waals surface area contributed by atoms with Crippen molar-refractivity contribution in [2.45, 2.75) is 32.4 Å². The Balaban J connectivity index is 0.00000320. The second kappa shape index (κ2) is 11.5. The van der Waals surface area contributed by atoms with Gasteiger partial charge in [0.15, 0.2) is 5.96 Å². The standard InChI is InChI=1S/C20H33N5O3S.HI/c1-20(2,3)28-19(26)25-8-6-24(7-9-25)18(21)22-15-16(17-5-4-14-29-17)23-10-12-27-13-11-23;/h4-5,14,16H,6-13,15H2,1-3H3,(H2,21,22);1H. The zero-order valence-corrected chi connectivity index (χ0v) is 21.2. The molecule has 1 aromatic heterocycles. The third-order valence-corrected chi connectivity index (χ3v) is 6.01. The summed E-state index contributed by atoms with van der Waals surface area (Å²) in [7, 11) is 0. The number of carbonyl (C=O) groups excluding carboxylic acids is 1. The van der Waals surface area contributed by atoms with Gasteiger partial charge in [0.05, 0.1) is 25.8 Å². The van der Waals surface area contributed by atoms with Gasteiger partial charge in [-0.25, -0.2) is 4.79 Å². The number of nitrogens with two attached hydrogens (primary N) is 1.